The Kier molecular flexibility index (Phi) is 5.61. The normalized spacial score (nSPS) is 14.9. The molecule has 1 aliphatic heterocycles. The van der Waals surface area contributed by atoms with Crippen LogP contribution in [0.2, 0.25) is 0 Å². The number of aromatic hydroxyl groups is 2. The first-order valence-electron chi connectivity index (χ1n) is 11.3. The summed E-state index contributed by atoms with van der Waals surface area (Å²) in [7, 11) is 3.73. The third kappa shape index (κ3) is 3.94. The molecule has 2 aromatic heterocycles. The van der Waals surface area contributed by atoms with E-state index < -0.39 is 0 Å². The number of hydrogen-bond acceptors (Lipinski definition) is 5. The van der Waals surface area contributed by atoms with E-state index in [9.17, 15) is 19.4 Å². The van der Waals surface area contributed by atoms with Crippen molar-refractivity contribution in [3.63, 3.8) is 0 Å². The summed E-state index contributed by atoms with van der Waals surface area (Å²) in [5.41, 5.74) is 2.89. The molecule has 0 radical (unpaired) electrons. The fourth-order valence-corrected chi connectivity index (χ4v) is 4.71. The zero-order valence-electron chi connectivity index (χ0n) is 19.3. The van der Waals surface area contributed by atoms with Crippen LogP contribution < -0.4 is 0 Å². The highest BCUT2D eigenvalue weighted by Gasteiger charge is 2.25. The summed E-state index contributed by atoms with van der Waals surface area (Å²) in [4.78, 5) is 21.8. The molecule has 1 fully saturated rings. The van der Waals surface area contributed by atoms with Gasteiger partial charge < -0.3 is 24.6 Å². The molecule has 34 heavy (non-hydrogen) atoms. The molecule has 3 heterocycles. The number of pyridine rings is 1. The lowest BCUT2D eigenvalue weighted by Crippen LogP contribution is -2.47. The van der Waals surface area contributed by atoms with Crippen molar-refractivity contribution in [1.82, 2.24) is 19.4 Å². The fraction of sp³-hybridized carbons (Fsp3) is 0.308. The summed E-state index contributed by atoms with van der Waals surface area (Å²) in [5.74, 6) is -0.456. The molecule has 7 nitrogen and oxygen atoms in total. The van der Waals surface area contributed by atoms with Gasteiger partial charge in [0, 0.05) is 56.4 Å². The van der Waals surface area contributed by atoms with E-state index in [1.54, 1.807) is 31.6 Å². The number of likely N-dealkylation sites (N-methyl/N-ethyl adjacent to an activating group) is 1. The number of phenols is 1. The number of aryl methyl sites for hydroxylation is 1. The third-order valence-corrected chi connectivity index (χ3v) is 6.71. The van der Waals surface area contributed by atoms with Gasteiger partial charge in [0.15, 0.2) is 5.75 Å². The van der Waals surface area contributed by atoms with Crippen molar-refractivity contribution in [2.75, 3.05) is 33.2 Å². The molecule has 0 atom stereocenters. The van der Waals surface area contributed by atoms with Crippen LogP contribution in [0.5, 0.6) is 11.6 Å². The molecule has 1 saturated heterocycles. The molecule has 0 saturated carbocycles. The van der Waals surface area contributed by atoms with Gasteiger partial charge >= 0.3 is 0 Å². The van der Waals surface area contributed by atoms with E-state index in [1.807, 2.05) is 18.0 Å². The zero-order chi connectivity index (χ0) is 24.0. The largest absolute Gasteiger partial charge is 0.505 e. The standard InChI is InChI=1S/C26H27FN4O3/c1-29-7-9-31(10-8-29)22(32)13-19-20-12-17(11-16-3-5-18(27)6-4-16)14-28-24(20)25(33)23-21(19)15-30(2)26(23)34/h3-6,12,14-15,33-34H,7-11,13H2,1-2H3. The van der Waals surface area contributed by atoms with Crippen LogP contribution in [0.3, 0.4) is 0 Å². The third-order valence-electron chi connectivity index (χ3n) is 6.71. The fourth-order valence-electron chi connectivity index (χ4n) is 4.71. The lowest BCUT2D eigenvalue weighted by atomic mass is 9.96. The Morgan fingerprint density at radius 2 is 1.74 bits per heavy atom. The lowest BCUT2D eigenvalue weighted by molar-refractivity contribution is -0.131. The SMILES string of the molecule is CN1CCN(C(=O)Cc2c3cc(Cc4ccc(F)cc4)cnc3c(O)c3c(O)n(C)cc23)CC1. The van der Waals surface area contributed by atoms with E-state index in [0.29, 0.717) is 41.2 Å². The quantitative estimate of drug-likeness (QED) is 0.487. The van der Waals surface area contributed by atoms with Crippen LogP contribution in [0, 0.1) is 5.82 Å². The van der Waals surface area contributed by atoms with E-state index in [-0.39, 0.29) is 29.8 Å². The second-order valence-electron chi connectivity index (χ2n) is 9.08. The van der Waals surface area contributed by atoms with Gasteiger partial charge in [-0.05, 0) is 48.4 Å². The highest BCUT2D eigenvalue weighted by molar-refractivity contribution is 6.10. The topological polar surface area (TPSA) is 81.8 Å². The second kappa shape index (κ2) is 8.61. The first kappa shape index (κ1) is 22.2. The first-order valence-corrected chi connectivity index (χ1v) is 11.3. The molecule has 0 aliphatic carbocycles. The van der Waals surface area contributed by atoms with Gasteiger partial charge in [-0.15, -0.1) is 0 Å². The van der Waals surface area contributed by atoms with E-state index in [0.717, 1.165) is 29.8 Å². The monoisotopic (exact) mass is 462 g/mol. The van der Waals surface area contributed by atoms with Crippen LogP contribution in [0.25, 0.3) is 21.7 Å². The maximum absolute atomic E-state index is 13.3. The highest BCUT2D eigenvalue weighted by Crippen LogP contribution is 2.42. The lowest BCUT2D eigenvalue weighted by Gasteiger charge is -2.32. The molecular weight excluding hydrogens is 435 g/mol. The summed E-state index contributed by atoms with van der Waals surface area (Å²) in [6, 6.07) is 8.24. The van der Waals surface area contributed by atoms with Gasteiger partial charge in [-0.1, -0.05) is 12.1 Å². The number of fused-ring (bicyclic) bond motifs is 2. The van der Waals surface area contributed by atoms with Crippen molar-refractivity contribution in [3.8, 4) is 11.6 Å². The van der Waals surface area contributed by atoms with Crippen molar-refractivity contribution in [2.24, 2.45) is 7.05 Å². The van der Waals surface area contributed by atoms with E-state index in [1.165, 1.54) is 16.7 Å². The number of rotatable bonds is 4. The van der Waals surface area contributed by atoms with Gasteiger partial charge in [0.1, 0.15) is 11.3 Å². The summed E-state index contributed by atoms with van der Waals surface area (Å²) in [6.07, 6.45) is 4.09. The Morgan fingerprint density at radius 1 is 1.03 bits per heavy atom. The van der Waals surface area contributed by atoms with E-state index >= 15 is 0 Å². The molecule has 0 unspecified atom stereocenters. The molecule has 0 bridgehead atoms. The number of hydrogen-bond donors (Lipinski definition) is 2. The number of carbonyl (C=O) groups is 1. The summed E-state index contributed by atoms with van der Waals surface area (Å²) < 4.78 is 14.8. The van der Waals surface area contributed by atoms with E-state index in [4.69, 9.17) is 0 Å². The summed E-state index contributed by atoms with van der Waals surface area (Å²) >= 11 is 0. The van der Waals surface area contributed by atoms with Crippen molar-refractivity contribution in [2.45, 2.75) is 12.8 Å². The Bertz CT molecular complexity index is 1390. The molecule has 8 heteroatoms. The minimum Gasteiger partial charge on any atom is -0.505 e. The number of halogens is 1. The molecule has 5 rings (SSSR count). The Balaban J connectivity index is 1.61. The Hall–Kier alpha value is -3.65. The van der Waals surface area contributed by atoms with Gasteiger partial charge in [0.2, 0.25) is 11.8 Å². The molecule has 176 valence electrons. The molecule has 2 N–H and O–H groups in total. The Morgan fingerprint density at radius 3 is 2.44 bits per heavy atom. The van der Waals surface area contributed by atoms with Crippen molar-refractivity contribution >= 4 is 27.6 Å². The number of aromatic nitrogens is 2. The maximum Gasteiger partial charge on any atom is 0.227 e. The maximum atomic E-state index is 13.3. The van der Waals surface area contributed by atoms with Crippen molar-refractivity contribution in [3.05, 3.63) is 65.2 Å². The van der Waals surface area contributed by atoms with E-state index in [2.05, 4.69) is 9.88 Å². The average molecular weight is 463 g/mol. The van der Waals surface area contributed by atoms with Crippen LogP contribution in [-0.4, -0.2) is 68.7 Å². The predicted molar refractivity (Wildman–Crippen MR) is 129 cm³/mol. The molecule has 1 aliphatic rings. The summed E-state index contributed by atoms with van der Waals surface area (Å²) in [5, 5.41) is 23.2. The van der Waals surface area contributed by atoms with Crippen LogP contribution in [-0.2, 0) is 24.7 Å². The zero-order valence-corrected chi connectivity index (χ0v) is 19.3. The second-order valence-corrected chi connectivity index (χ2v) is 9.08. The minimum atomic E-state index is -0.290. The number of phenolic OH excluding ortho intramolecular Hbond substituents is 1. The van der Waals surface area contributed by atoms with Crippen LogP contribution in [0.15, 0.2) is 42.7 Å². The molecule has 2 aromatic carbocycles. The number of piperazine rings is 1. The van der Waals surface area contributed by atoms with Gasteiger partial charge in [0.05, 0.1) is 11.8 Å². The number of benzene rings is 2. The predicted octanol–water partition coefficient (Wildman–Crippen LogP) is 3.18. The molecule has 1 amide bonds. The highest BCUT2D eigenvalue weighted by atomic mass is 19.1. The van der Waals surface area contributed by atoms with Crippen molar-refractivity contribution in [1.29, 1.82) is 0 Å². The Labute approximate surface area is 196 Å². The average Bonchev–Trinajstić information content (AvgIpc) is 3.12. The minimum absolute atomic E-state index is 0.00803. The first-order chi connectivity index (χ1) is 16.3. The summed E-state index contributed by atoms with van der Waals surface area (Å²) in [6.45, 7) is 2.99. The number of nitrogens with zero attached hydrogens (tertiary/aromatic N) is 4. The van der Waals surface area contributed by atoms with Gasteiger partial charge in [-0.25, -0.2) is 4.39 Å². The van der Waals surface area contributed by atoms with Crippen LogP contribution in [0.4, 0.5) is 4.39 Å². The van der Waals surface area contributed by atoms with Gasteiger partial charge in [0.25, 0.3) is 0 Å². The number of carbonyl (C=O) groups excluding carboxylic acids is 1. The van der Waals surface area contributed by atoms with Gasteiger partial charge in [-0.3, -0.25) is 9.78 Å². The van der Waals surface area contributed by atoms with Crippen LogP contribution in [0.1, 0.15) is 16.7 Å². The number of amides is 1. The molecule has 0 spiro atoms. The molecular formula is C26H27FN4O3. The van der Waals surface area contributed by atoms with Gasteiger partial charge in [-0.2, -0.15) is 0 Å². The molecule has 4 aromatic rings. The van der Waals surface area contributed by atoms with Crippen LogP contribution >= 0.6 is 0 Å². The smallest absolute Gasteiger partial charge is 0.227 e. The van der Waals surface area contributed by atoms with Crippen molar-refractivity contribution < 1.29 is 19.4 Å².